The lowest BCUT2D eigenvalue weighted by molar-refractivity contribution is -0.132. The van der Waals surface area contributed by atoms with Crippen LogP contribution in [0.25, 0.3) is 0 Å². The topological polar surface area (TPSA) is 149 Å². The van der Waals surface area contributed by atoms with Gasteiger partial charge in [0.05, 0.1) is 6.61 Å². The van der Waals surface area contributed by atoms with Gasteiger partial charge in [-0.15, -0.1) is 0 Å². The number of aliphatic hydroxyl groups is 1. The van der Waals surface area contributed by atoms with Crippen molar-refractivity contribution in [1.29, 1.82) is 0 Å². The van der Waals surface area contributed by atoms with E-state index >= 15 is 0 Å². The zero-order valence-corrected chi connectivity index (χ0v) is 15.0. The van der Waals surface area contributed by atoms with Crippen LogP contribution in [-0.2, 0) is 23.4 Å². The summed E-state index contributed by atoms with van der Waals surface area (Å²) >= 11 is 3.71. The number of nitrogens with zero attached hydrogens (tertiary/aromatic N) is 1. The molecule has 0 spiro atoms. The van der Waals surface area contributed by atoms with Crippen molar-refractivity contribution in [2.24, 2.45) is 0 Å². The van der Waals surface area contributed by atoms with Crippen LogP contribution in [0.5, 0.6) is 0 Å². The Kier molecular flexibility index (Phi) is 6.99. The molecular weight excluding hydrogens is 377 g/mol. The van der Waals surface area contributed by atoms with Gasteiger partial charge in [0.2, 0.25) is 13.1 Å². The van der Waals surface area contributed by atoms with Crippen LogP contribution in [0.15, 0.2) is 21.9 Å². The second-order valence-corrected chi connectivity index (χ2v) is 6.93. The Hall–Kier alpha value is -1.43. The molecule has 3 N–H and O–H groups in total. The number of rotatable bonds is 7. The Balaban J connectivity index is 2.36. The van der Waals surface area contributed by atoms with Crippen LogP contribution in [0.1, 0.15) is 6.23 Å². The van der Waals surface area contributed by atoms with Crippen LogP contribution in [0.2, 0.25) is 0 Å². The summed E-state index contributed by atoms with van der Waals surface area (Å²) in [5.41, 5.74) is -1.38. The molecule has 2 heterocycles. The van der Waals surface area contributed by atoms with Gasteiger partial charge in [-0.3, -0.25) is 23.7 Å². The van der Waals surface area contributed by atoms with E-state index in [2.05, 4.69) is 22.5 Å². The Labute approximate surface area is 147 Å². The number of ether oxygens (including phenoxy) is 2. The standard InChI is InChI=1S/C12H18N3O8PS/c1-13-8(18)5-21-10-9(23-24(20)25)6(4-16)22-11(10)15-3-2-7(17)14-12(15)19/h2-3,6,9-11,16,24H,4-5H2,1H3,(H,13,18)(H,20,25)(H,14,17,19)/t6-,9?,10?,11-/m1/s1. The normalized spacial score (nSPS) is 27.2. The van der Waals surface area contributed by atoms with E-state index in [0.29, 0.717) is 0 Å². The first-order chi connectivity index (χ1) is 11.9. The number of nitrogens with one attached hydrogen (secondary N) is 2. The van der Waals surface area contributed by atoms with E-state index in [0.717, 1.165) is 10.6 Å². The van der Waals surface area contributed by atoms with Crippen molar-refractivity contribution in [2.75, 3.05) is 20.3 Å². The number of thiol groups is 1. The van der Waals surface area contributed by atoms with Crippen LogP contribution >= 0.6 is 19.5 Å². The number of carbonyl (C=O) groups excluding carboxylic acids is 1. The van der Waals surface area contributed by atoms with Crippen molar-refractivity contribution < 1.29 is 28.5 Å². The van der Waals surface area contributed by atoms with Gasteiger partial charge in [-0.25, -0.2) is 4.79 Å². The first-order valence-corrected chi connectivity index (χ1v) is 9.77. The molecule has 0 radical (unpaired) electrons. The molecule has 0 aromatic carbocycles. The van der Waals surface area contributed by atoms with Crippen LogP contribution in [0.4, 0.5) is 0 Å². The Bertz CT molecular complexity index is 752. The van der Waals surface area contributed by atoms with Crippen molar-refractivity contribution in [3.63, 3.8) is 0 Å². The predicted octanol–water partition coefficient (Wildman–Crippen LogP) is -1.74. The zero-order valence-electron chi connectivity index (χ0n) is 13.1. The van der Waals surface area contributed by atoms with E-state index in [1.165, 1.54) is 13.2 Å². The second-order valence-electron chi connectivity index (χ2n) is 5.06. The quantitative estimate of drug-likeness (QED) is 0.314. The highest BCUT2D eigenvalue weighted by Gasteiger charge is 2.48. The fourth-order valence-corrected chi connectivity index (χ4v) is 3.27. The molecule has 0 aliphatic carbocycles. The number of amides is 1. The highest BCUT2D eigenvalue weighted by molar-refractivity contribution is 8.39. The van der Waals surface area contributed by atoms with E-state index in [1.54, 1.807) is 0 Å². The van der Waals surface area contributed by atoms with Crippen LogP contribution in [0.3, 0.4) is 0 Å². The highest BCUT2D eigenvalue weighted by Crippen LogP contribution is 2.39. The Morgan fingerprint density at radius 2 is 2.24 bits per heavy atom. The van der Waals surface area contributed by atoms with E-state index in [4.69, 9.17) is 14.0 Å². The maximum atomic E-state index is 12.0. The van der Waals surface area contributed by atoms with Crippen molar-refractivity contribution in [2.45, 2.75) is 24.5 Å². The average molecular weight is 395 g/mol. The molecule has 0 bridgehead atoms. The summed E-state index contributed by atoms with van der Waals surface area (Å²) in [5.74, 6) is -0.447. The second kappa shape index (κ2) is 8.79. The zero-order chi connectivity index (χ0) is 18.6. The molecule has 13 heteroatoms. The molecule has 140 valence electrons. The maximum Gasteiger partial charge on any atom is 0.330 e. The number of aliphatic hydroxyl groups excluding tert-OH is 1. The van der Waals surface area contributed by atoms with Gasteiger partial charge < -0.3 is 24.4 Å². The molecule has 1 fully saturated rings. The third-order valence-electron chi connectivity index (χ3n) is 3.51. The highest BCUT2D eigenvalue weighted by atomic mass is 32.7. The molecule has 11 nitrogen and oxygen atoms in total. The summed E-state index contributed by atoms with van der Waals surface area (Å²) < 4.78 is 28.6. The molecule has 2 rings (SSSR count). The number of hydrogen-bond acceptors (Lipinski definition) is 8. The van der Waals surface area contributed by atoms with Crippen molar-refractivity contribution in [3.8, 4) is 0 Å². The number of aromatic nitrogens is 2. The number of likely N-dealkylation sites (N-methyl/N-ethyl adjacent to an activating group) is 1. The number of hydrogen-bond donors (Lipinski definition) is 4. The summed E-state index contributed by atoms with van der Waals surface area (Å²) in [7, 11) is -1.31. The molecule has 1 amide bonds. The van der Waals surface area contributed by atoms with Gasteiger partial charge in [-0.2, -0.15) is 0 Å². The summed E-state index contributed by atoms with van der Waals surface area (Å²) in [4.78, 5) is 36.7. The number of carbonyl (C=O) groups is 1. The van der Waals surface area contributed by atoms with Gasteiger partial charge in [0.1, 0.15) is 24.9 Å². The largest absolute Gasteiger partial charge is 0.394 e. The average Bonchev–Trinajstić information content (AvgIpc) is 2.89. The maximum absolute atomic E-state index is 12.0. The van der Waals surface area contributed by atoms with Gasteiger partial charge in [-0.1, -0.05) is 12.2 Å². The van der Waals surface area contributed by atoms with Gasteiger partial charge in [0.15, 0.2) is 6.23 Å². The molecule has 1 aliphatic heterocycles. The fourth-order valence-electron chi connectivity index (χ4n) is 2.39. The smallest absolute Gasteiger partial charge is 0.330 e. The Morgan fingerprint density at radius 1 is 1.52 bits per heavy atom. The molecule has 1 aromatic heterocycles. The molecule has 1 aromatic rings. The van der Waals surface area contributed by atoms with E-state index in [9.17, 15) is 24.1 Å². The third-order valence-corrected chi connectivity index (χ3v) is 4.30. The van der Waals surface area contributed by atoms with E-state index in [1.807, 2.05) is 0 Å². The molecule has 1 aliphatic rings. The minimum Gasteiger partial charge on any atom is -0.394 e. The van der Waals surface area contributed by atoms with E-state index < -0.39 is 55.5 Å². The van der Waals surface area contributed by atoms with Gasteiger partial charge in [0, 0.05) is 19.3 Å². The molecular formula is C12H18N3O8PS. The predicted molar refractivity (Wildman–Crippen MR) is 89.0 cm³/mol. The molecule has 25 heavy (non-hydrogen) atoms. The summed E-state index contributed by atoms with van der Waals surface area (Å²) in [6.07, 6.45) is -3.00. The number of H-pyrrole nitrogens is 1. The number of aromatic amines is 1. The minimum absolute atomic E-state index is 0.384. The monoisotopic (exact) mass is 395 g/mol. The fraction of sp³-hybridized carbons (Fsp3) is 0.583. The lowest BCUT2D eigenvalue weighted by Gasteiger charge is -2.23. The molecule has 1 saturated heterocycles. The van der Waals surface area contributed by atoms with Crippen LogP contribution in [0, 0.1) is 0 Å². The van der Waals surface area contributed by atoms with Crippen molar-refractivity contribution in [1.82, 2.24) is 14.9 Å². The van der Waals surface area contributed by atoms with Crippen LogP contribution < -0.4 is 16.6 Å². The Morgan fingerprint density at radius 3 is 2.80 bits per heavy atom. The third kappa shape index (κ3) is 4.81. The first kappa shape index (κ1) is 19.9. The summed E-state index contributed by atoms with van der Waals surface area (Å²) in [5, 5.41) is 11.8. The van der Waals surface area contributed by atoms with Crippen LogP contribution in [-0.4, -0.2) is 59.1 Å². The van der Waals surface area contributed by atoms with Crippen molar-refractivity contribution in [3.05, 3.63) is 33.1 Å². The molecule has 5 atom stereocenters. The first-order valence-electron chi connectivity index (χ1n) is 7.17. The minimum atomic E-state index is -2.73. The molecule has 3 unspecified atom stereocenters. The molecule has 0 saturated carbocycles. The van der Waals surface area contributed by atoms with E-state index in [-0.39, 0.29) is 6.61 Å². The SMILES string of the molecule is CNC(=O)COC1C(O[PH](=O)S)[C@@H](CO)O[C@H]1n1ccc(=O)[nH]c1=O. The summed E-state index contributed by atoms with van der Waals surface area (Å²) in [6, 6.07) is 1.10. The van der Waals surface area contributed by atoms with Gasteiger partial charge in [0.25, 0.3) is 5.56 Å². The van der Waals surface area contributed by atoms with Gasteiger partial charge >= 0.3 is 5.69 Å². The lowest BCUT2D eigenvalue weighted by atomic mass is 10.1. The van der Waals surface area contributed by atoms with Crippen molar-refractivity contribution >= 4 is 25.4 Å². The van der Waals surface area contributed by atoms with Gasteiger partial charge in [-0.05, 0) is 0 Å². The lowest BCUT2D eigenvalue weighted by Crippen LogP contribution is -2.41. The summed E-state index contributed by atoms with van der Waals surface area (Å²) in [6.45, 7) is -0.896.